The van der Waals surface area contributed by atoms with E-state index in [0.29, 0.717) is 21.8 Å². The maximum Gasteiger partial charge on any atom is 0.166 e. The molecule has 0 saturated carbocycles. The van der Waals surface area contributed by atoms with Crippen LogP contribution in [0.2, 0.25) is 0 Å². The third-order valence-electron chi connectivity index (χ3n) is 9.09. The van der Waals surface area contributed by atoms with E-state index in [4.69, 9.17) is 23.3 Å². The minimum Gasteiger partial charge on any atom is -0.308 e. The van der Waals surface area contributed by atoms with Gasteiger partial charge < -0.3 is 4.57 Å². The highest BCUT2D eigenvalue weighted by Gasteiger charge is 2.21. The lowest BCUT2D eigenvalue weighted by atomic mass is 9.93. The molecule has 2 heterocycles. The van der Waals surface area contributed by atoms with Gasteiger partial charge in [-0.1, -0.05) is 163 Å². The summed E-state index contributed by atoms with van der Waals surface area (Å²) in [6.07, 6.45) is 0. The molecule has 55 heavy (non-hydrogen) atoms. The van der Waals surface area contributed by atoms with Crippen LogP contribution < -0.4 is 0 Å². The van der Waals surface area contributed by atoms with Crippen LogP contribution in [0.4, 0.5) is 0 Å². The molecule has 0 bridgehead atoms. The highest BCUT2D eigenvalue weighted by Crippen LogP contribution is 2.40. The van der Waals surface area contributed by atoms with Crippen LogP contribution in [-0.4, -0.2) is 19.5 Å². The van der Waals surface area contributed by atoms with Crippen molar-refractivity contribution in [1.82, 2.24) is 19.5 Å². The van der Waals surface area contributed by atoms with Crippen molar-refractivity contribution in [3.8, 4) is 51.0 Å². The first-order chi connectivity index (χ1) is 37.3. The third-order valence-corrected chi connectivity index (χ3v) is 9.09. The average molecular weight is 725 g/mol. The summed E-state index contributed by atoms with van der Waals surface area (Å²) in [5.74, 6) is -2.31. The summed E-state index contributed by atoms with van der Waals surface area (Å²) in [5, 5.41) is -1.71. The minimum absolute atomic E-state index is 0.358. The van der Waals surface area contributed by atoms with Crippen LogP contribution in [0.25, 0.3) is 105 Å². The maximum atomic E-state index is 10.1. The van der Waals surface area contributed by atoms with Crippen LogP contribution >= 0.6 is 0 Å². The zero-order valence-electron chi connectivity index (χ0n) is 51.9. The Bertz CT molecular complexity index is 4520. The zero-order chi connectivity index (χ0) is 57.2. The molecule has 11 rings (SSSR count). The molecule has 0 aliphatic carbocycles. The largest absolute Gasteiger partial charge is 0.308 e. The Hall–Kier alpha value is -7.43. The molecule has 4 nitrogen and oxygen atoms in total. The van der Waals surface area contributed by atoms with Crippen LogP contribution in [0.5, 0.6) is 0 Å². The van der Waals surface area contributed by atoms with E-state index in [1.807, 2.05) is 0 Å². The van der Waals surface area contributed by atoms with Crippen LogP contribution in [-0.2, 0) is 0 Å². The van der Waals surface area contributed by atoms with Crippen molar-refractivity contribution in [1.29, 1.82) is 0 Å². The molecule has 0 N–H and O–H groups in total. The van der Waals surface area contributed by atoms with Gasteiger partial charge in [0.15, 0.2) is 17.5 Å². The van der Waals surface area contributed by atoms with Gasteiger partial charge in [-0.15, -0.1) is 0 Å². The minimum atomic E-state index is -0.928. The summed E-state index contributed by atoms with van der Waals surface area (Å²) in [6.45, 7) is 0. The maximum absolute atomic E-state index is 10.1. The summed E-state index contributed by atoms with van der Waals surface area (Å²) in [6, 6.07) is -6.16. The second-order valence-corrected chi connectivity index (χ2v) is 12.1. The monoisotopic (exact) mass is 724 g/mol. The predicted molar refractivity (Wildman–Crippen MR) is 228 cm³/mol. The Kier molecular flexibility index (Phi) is 3.56. The molecule has 0 aliphatic heterocycles. The molecule has 0 atom stereocenters. The second-order valence-electron chi connectivity index (χ2n) is 12.1. The molecular formula is C51H32N4. The Morgan fingerprint density at radius 2 is 0.818 bits per heavy atom. The van der Waals surface area contributed by atoms with E-state index in [1.165, 1.54) is 4.57 Å². The van der Waals surface area contributed by atoms with E-state index in [-0.39, 0.29) is 5.69 Å². The number of aromatic nitrogens is 4. The van der Waals surface area contributed by atoms with E-state index in [0.717, 1.165) is 0 Å². The molecule has 256 valence electrons. The third kappa shape index (κ3) is 5.11. The van der Waals surface area contributed by atoms with Gasteiger partial charge in [-0.25, -0.2) is 15.0 Å². The molecule has 0 unspecified atom stereocenters. The average Bonchev–Trinajstić information content (AvgIpc) is 3.97. The normalized spacial score (nSPS) is 17.7. The summed E-state index contributed by atoms with van der Waals surface area (Å²) in [4.78, 5) is 13.8. The standard InChI is InChI=1S/C51H32N4/c1-3-15-33(16-4-1)35-27-30-44(48(32-35)55-46-25-13-11-23-42(46)43-24-12-14-26-47(43)55)51-53-49(34-17-5-2-6-18-34)52-50(54-51)36-28-29-41-39-21-8-7-19-37(39)38-20-9-10-22-40(38)45(41)31-36/h1-32H/i1D,2D,3D,4D,5D,6D,7D,8D,9D,10D,15D,16D,17D,18D,19D,20D,21D,22D,27D,28D,29D,30D,31D,32D. The van der Waals surface area contributed by atoms with Gasteiger partial charge >= 0.3 is 0 Å². The summed E-state index contributed by atoms with van der Waals surface area (Å²) in [5.41, 5.74) is -2.82. The zero-order valence-corrected chi connectivity index (χ0v) is 27.9. The van der Waals surface area contributed by atoms with Crippen molar-refractivity contribution in [2.24, 2.45) is 0 Å². The van der Waals surface area contributed by atoms with E-state index in [2.05, 4.69) is 15.0 Å². The van der Waals surface area contributed by atoms with Crippen molar-refractivity contribution in [3.63, 3.8) is 0 Å². The number of nitrogens with zero attached hydrogens (tertiary/aromatic N) is 4. The molecule has 0 radical (unpaired) electrons. The number of hydrogen-bond donors (Lipinski definition) is 0. The van der Waals surface area contributed by atoms with Gasteiger partial charge in [0.2, 0.25) is 0 Å². The van der Waals surface area contributed by atoms with E-state index >= 15 is 0 Å². The number of rotatable bonds is 5. The first kappa shape index (κ1) is 15.5. The van der Waals surface area contributed by atoms with Crippen molar-refractivity contribution < 1.29 is 32.9 Å². The summed E-state index contributed by atoms with van der Waals surface area (Å²) >= 11 is 0. The van der Waals surface area contributed by atoms with E-state index < -0.39 is 223 Å². The van der Waals surface area contributed by atoms with Crippen LogP contribution in [0, 0.1) is 0 Å². The number of para-hydroxylation sites is 2. The Balaban J connectivity index is 1.38. The molecule has 0 fully saturated rings. The Labute approximate surface area is 351 Å². The van der Waals surface area contributed by atoms with Crippen LogP contribution in [0.1, 0.15) is 32.9 Å². The predicted octanol–water partition coefficient (Wildman–Crippen LogP) is 13.1. The van der Waals surface area contributed by atoms with Crippen LogP contribution in [0.3, 0.4) is 0 Å². The van der Waals surface area contributed by atoms with Gasteiger partial charge in [-0.2, -0.15) is 0 Å². The quantitative estimate of drug-likeness (QED) is 0.166. The molecule has 2 aromatic heterocycles. The van der Waals surface area contributed by atoms with Gasteiger partial charge in [0, 0.05) is 27.5 Å². The Morgan fingerprint density at radius 3 is 1.44 bits per heavy atom. The number of benzene rings is 9. The lowest BCUT2D eigenvalue weighted by molar-refractivity contribution is 1.07. The first-order valence-electron chi connectivity index (χ1n) is 28.7. The fourth-order valence-electron chi connectivity index (χ4n) is 6.73. The molecule has 0 amide bonds. The topological polar surface area (TPSA) is 43.6 Å². The van der Waals surface area contributed by atoms with Crippen molar-refractivity contribution in [2.75, 3.05) is 0 Å². The van der Waals surface area contributed by atoms with Gasteiger partial charge in [-0.05, 0) is 73.7 Å². The van der Waals surface area contributed by atoms with Crippen molar-refractivity contribution >= 4 is 54.1 Å². The molecule has 0 saturated heterocycles. The molecule has 9 aromatic carbocycles. The van der Waals surface area contributed by atoms with Crippen molar-refractivity contribution in [2.45, 2.75) is 0 Å². The lowest BCUT2D eigenvalue weighted by Crippen LogP contribution is -2.04. The molecule has 0 spiro atoms. The first-order valence-corrected chi connectivity index (χ1v) is 16.7. The Morgan fingerprint density at radius 1 is 0.345 bits per heavy atom. The second kappa shape index (κ2) is 12.6. The number of hydrogen-bond acceptors (Lipinski definition) is 3. The van der Waals surface area contributed by atoms with E-state index in [9.17, 15) is 9.60 Å². The van der Waals surface area contributed by atoms with Crippen molar-refractivity contribution in [3.05, 3.63) is 194 Å². The summed E-state index contributed by atoms with van der Waals surface area (Å²) in [7, 11) is 0. The highest BCUT2D eigenvalue weighted by molar-refractivity contribution is 6.25. The fraction of sp³-hybridized carbons (Fsp3) is 0. The molecule has 0 aliphatic rings. The van der Waals surface area contributed by atoms with Gasteiger partial charge in [-0.3, -0.25) is 0 Å². The summed E-state index contributed by atoms with van der Waals surface area (Å²) < 4.78 is 218. The van der Waals surface area contributed by atoms with Gasteiger partial charge in [0.25, 0.3) is 0 Å². The fourth-order valence-corrected chi connectivity index (χ4v) is 6.73. The number of fused-ring (bicyclic) bond motifs is 9. The smallest absolute Gasteiger partial charge is 0.166 e. The van der Waals surface area contributed by atoms with E-state index in [1.54, 1.807) is 48.5 Å². The molecule has 4 heteroatoms. The SMILES string of the molecule is [2H]c1c([2H])c([2H])c(-c2nc(-c3c([2H])c([2H])c(-c4c([2H])c([2H])c([2H])c([2H])c4[2H])c([2H])c3-n3c4ccccc4c4ccccc43)nc(-c3c([2H])c([2H])c4c5c([2H])c([2H])c([2H])c([2H])c5c5c([2H])c([2H])c([2H])c([2H])c5c4c3[2H])n2)c([2H])c1[2H]. The van der Waals surface area contributed by atoms with Crippen LogP contribution in [0.15, 0.2) is 194 Å². The lowest BCUT2D eigenvalue weighted by Gasteiger charge is -2.16. The molecular weight excluding hydrogens is 669 g/mol. The highest BCUT2D eigenvalue weighted by atomic mass is 15.1. The van der Waals surface area contributed by atoms with Gasteiger partial charge in [0.05, 0.1) is 49.6 Å². The van der Waals surface area contributed by atoms with Gasteiger partial charge in [0.1, 0.15) is 0 Å². The molecule has 11 aromatic rings.